The van der Waals surface area contributed by atoms with Gasteiger partial charge in [-0.15, -0.1) is 0 Å². The highest BCUT2D eigenvalue weighted by Crippen LogP contribution is 2.36. The molecule has 0 saturated carbocycles. The van der Waals surface area contributed by atoms with E-state index in [-0.39, 0.29) is 5.95 Å². The van der Waals surface area contributed by atoms with Crippen molar-refractivity contribution in [2.75, 3.05) is 44.0 Å². The SMILES string of the molecule is COC(C)(C)c1nc2c(N3CCOCC3)nc(-c3cnc(N)nc3)nc2s1. The number of methoxy groups -OCH3 is 1. The largest absolute Gasteiger partial charge is 0.378 e. The molecule has 0 amide bonds. The van der Waals surface area contributed by atoms with Crippen molar-refractivity contribution in [3.63, 3.8) is 0 Å². The van der Waals surface area contributed by atoms with Crippen molar-refractivity contribution in [2.24, 2.45) is 0 Å². The normalized spacial score (nSPS) is 15.4. The molecule has 0 aromatic carbocycles. The predicted octanol–water partition coefficient (Wildman–Crippen LogP) is 1.84. The smallest absolute Gasteiger partial charge is 0.219 e. The Morgan fingerprint density at radius 3 is 2.52 bits per heavy atom. The fourth-order valence-electron chi connectivity index (χ4n) is 2.73. The number of nitrogens with zero attached hydrogens (tertiary/aromatic N) is 6. The van der Waals surface area contributed by atoms with Gasteiger partial charge in [-0.1, -0.05) is 11.3 Å². The second-order valence-electron chi connectivity index (χ2n) is 6.69. The Kier molecular flexibility index (Phi) is 4.62. The Morgan fingerprint density at radius 2 is 1.85 bits per heavy atom. The van der Waals surface area contributed by atoms with Crippen molar-refractivity contribution in [1.82, 2.24) is 24.9 Å². The third-order valence-corrected chi connectivity index (χ3v) is 5.76. The topological polar surface area (TPSA) is 112 Å². The highest BCUT2D eigenvalue weighted by atomic mass is 32.1. The Labute approximate surface area is 160 Å². The van der Waals surface area contributed by atoms with Crippen LogP contribution in [0.4, 0.5) is 11.8 Å². The van der Waals surface area contributed by atoms with Crippen LogP contribution >= 0.6 is 11.3 Å². The first-order valence-electron chi connectivity index (χ1n) is 8.63. The number of aromatic nitrogens is 5. The molecule has 0 spiro atoms. The van der Waals surface area contributed by atoms with Gasteiger partial charge in [0.15, 0.2) is 11.6 Å². The van der Waals surface area contributed by atoms with Crippen LogP contribution in [0.25, 0.3) is 21.7 Å². The second-order valence-corrected chi connectivity index (χ2v) is 7.66. The number of hydrogen-bond acceptors (Lipinski definition) is 10. The third-order valence-electron chi connectivity index (χ3n) is 4.51. The molecule has 1 aliphatic rings. The van der Waals surface area contributed by atoms with Crippen LogP contribution in [0, 0.1) is 0 Å². The lowest BCUT2D eigenvalue weighted by atomic mass is 10.1. The van der Waals surface area contributed by atoms with Gasteiger partial charge in [0.2, 0.25) is 5.95 Å². The van der Waals surface area contributed by atoms with E-state index in [2.05, 4.69) is 14.9 Å². The molecule has 1 fully saturated rings. The molecule has 4 heterocycles. The van der Waals surface area contributed by atoms with E-state index < -0.39 is 5.60 Å². The molecule has 1 aliphatic heterocycles. The van der Waals surface area contributed by atoms with E-state index in [4.69, 9.17) is 30.2 Å². The highest BCUT2D eigenvalue weighted by Gasteiger charge is 2.28. The standard InChI is InChI=1S/C17H21N7O2S/c1-17(2,25-3)15-21-11-13(24-4-6-26-7-5-24)22-12(23-14(11)27-15)10-8-19-16(18)20-9-10/h8-9H,4-7H2,1-3H3,(H2,18,19,20). The maximum absolute atomic E-state index is 5.60. The van der Waals surface area contributed by atoms with E-state index >= 15 is 0 Å². The van der Waals surface area contributed by atoms with Gasteiger partial charge in [0.1, 0.15) is 21.0 Å². The van der Waals surface area contributed by atoms with Gasteiger partial charge >= 0.3 is 0 Å². The van der Waals surface area contributed by atoms with E-state index in [0.717, 1.165) is 34.3 Å². The first-order valence-corrected chi connectivity index (χ1v) is 9.44. The molecule has 0 radical (unpaired) electrons. The maximum atomic E-state index is 5.60. The molecule has 10 heteroatoms. The van der Waals surface area contributed by atoms with Gasteiger partial charge in [0, 0.05) is 32.6 Å². The van der Waals surface area contributed by atoms with Crippen LogP contribution in [0.15, 0.2) is 12.4 Å². The third kappa shape index (κ3) is 3.43. The molecule has 27 heavy (non-hydrogen) atoms. The van der Waals surface area contributed by atoms with Crippen molar-refractivity contribution < 1.29 is 9.47 Å². The summed E-state index contributed by atoms with van der Waals surface area (Å²) in [5.41, 5.74) is 6.59. The van der Waals surface area contributed by atoms with E-state index in [9.17, 15) is 0 Å². The highest BCUT2D eigenvalue weighted by molar-refractivity contribution is 7.18. The van der Waals surface area contributed by atoms with Crippen LogP contribution < -0.4 is 10.6 Å². The zero-order valence-corrected chi connectivity index (χ0v) is 16.3. The summed E-state index contributed by atoms with van der Waals surface area (Å²) in [6.45, 7) is 6.80. The van der Waals surface area contributed by atoms with Crippen molar-refractivity contribution in [3.8, 4) is 11.4 Å². The molecule has 0 unspecified atom stereocenters. The van der Waals surface area contributed by atoms with Crippen molar-refractivity contribution >= 4 is 33.5 Å². The van der Waals surface area contributed by atoms with Crippen molar-refractivity contribution in [1.29, 1.82) is 0 Å². The molecule has 2 N–H and O–H groups in total. The minimum atomic E-state index is -0.502. The summed E-state index contributed by atoms with van der Waals surface area (Å²) in [6.07, 6.45) is 3.27. The zero-order chi connectivity index (χ0) is 19.0. The van der Waals surface area contributed by atoms with Crippen LogP contribution in [0.2, 0.25) is 0 Å². The summed E-state index contributed by atoms with van der Waals surface area (Å²) in [5.74, 6) is 1.56. The fourth-order valence-corrected chi connectivity index (χ4v) is 3.75. The molecule has 142 valence electrons. The first-order chi connectivity index (χ1) is 13.0. The van der Waals surface area contributed by atoms with Crippen molar-refractivity contribution in [2.45, 2.75) is 19.4 Å². The van der Waals surface area contributed by atoms with E-state index in [0.29, 0.717) is 24.6 Å². The number of fused-ring (bicyclic) bond motifs is 1. The quantitative estimate of drug-likeness (QED) is 0.716. The lowest BCUT2D eigenvalue weighted by Gasteiger charge is -2.28. The number of thiazole rings is 1. The van der Waals surface area contributed by atoms with Gasteiger partial charge in [0.25, 0.3) is 0 Å². The molecule has 9 nitrogen and oxygen atoms in total. The first kappa shape index (κ1) is 18.0. The molecular formula is C17H21N7O2S. The lowest BCUT2D eigenvalue weighted by molar-refractivity contribution is 0.0192. The Hall–Kier alpha value is -2.43. The maximum Gasteiger partial charge on any atom is 0.219 e. The Balaban J connectivity index is 1.88. The summed E-state index contributed by atoms with van der Waals surface area (Å²) < 4.78 is 11.1. The molecule has 0 bridgehead atoms. The second kappa shape index (κ2) is 6.95. The van der Waals surface area contributed by atoms with E-state index in [1.807, 2.05) is 13.8 Å². The Morgan fingerprint density at radius 1 is 1.15 bits per heavy atom. The number of morpholine rings is 1. The average Bonchev–Trinajstić information content (AvgIpc) is 3.13. The van der Waals surface area contributed by atoms with Crippen LogP contribution in [-0.2, 0) is 15.1 Å². The minimum absolute atomic E-state index is 0.218. The minimum Gasteiger partial charge on any atom is -0.378 e. The van der Waals surface area contributed by atoms with Gasteiger partial charge in [0.05, 0.1) is 18.8 Å². The summed E-state index contributed by atoms with van der Waals surface area (Å²) >= 11 is 1.51. The molecule has 3 aromatic rings. The van der Waals surface area contributed by atoms with E-state index in [1.54, 1.807) is 19.5 Å². The number of hydrogen-bond donors (Lipinski definition) is 1. The predicted molar refractivity (Wildman–Crippen MR) is 104 cm³/mol. The number of ether oxygens (including phenoxy) is 2. The van der Waals surface area contributed by atoms with Gasteiger partial charge in [-0.25, -0.2) is 24.9 Å². The molecule has 1 saturated heterocycles. The summed E-state index contributed by atoms with van der Waals surface area (Å²) in [4.78, 5) is 25.4. The molecule has 0 aliphatic carbocycles. The number of nitrogens with two attached hydrogens (primary N) is 1. The summed E-state index contributed by atoms with van der Waals surface area (Å²) in [5, 5.41) is 0.856. The van der Waals surface area contributed by atoms with Crippen LogP contribution in [0.1, 0.15) is 18.9 Å². The number of anilines is 2. The molecule has 3 aromatic heterocycles. The summed E-state index contributed by atoms with van der Waals surface area (Å²) in [6, 6.07) is 0. The van der Waals surface area contributed by atoms with Crippen LogP contribution in [0.5, 0.6) is 0 Å². The molecular weight excluding hydrogens is 366 g/mol. The molecule has 4 rings (SSSR count). The number of rotatable bonds is 4. The van der Waals surface area contributed by atoms with Gasteiger partial charge < -0.3 is 20.1 Å². The average molecular weight is 387 g/mol. The van der Waals surface area contributed by atoms with Gasteiger partial charge in [-0.3, -0.25) is 0 Å². The van der Waals surface area contributed by atoms with Gasteiger partial charge in [-0.2, -0.15) is 0 Å². The number of nitrogen functional groups attached to an aromatic ring is 1. The van der Waals surface area contributed by atoms with Crippen LogP contribution in [-0.4, -0.2) is 58.3 Å². The van der Waals surface area contributed by atoms with E-state index in [1.165, 1.54) is 11.3 Å². The summed E-state index contributed by atoms with van der Waals surface area (Å²) in [7, 11) is 1.68. The zero-order valence-electron chi connectivity index (χ0n) is 15.5. The lowest BCUT2D eigenvalue weighted by Crippen LogP contribution is -2.37. The Bertz CT molecular complexity index is 952. The van der Waals surface area contributed by atoms with Crippen molar-refractivity contribution in [3.05, 3.63) is 17.4 Å². The molecule has 0 atom stereocenters. The fraction of sp³-hybridized carbons (Fsp3) is 0.471. The van der Waals surface area contributed by atoms with Crippen LogP contribution in [0.3, 0.4) is 0 Å². The van der Waals surface area contributed by atoms with Gasteiger partial charge in [-0.05, 0) is 13.8 Å². The monoisotopic (exact) mass is 387 g/mol.